The minimum absolute atomic E-state index is 0.0649. The van der Waals surface area contributed by atoms with E-state index in [0.29, 0.717) is 17.5 Å². The standard InChI is InChI=1S/C17H14F3NO2/c1-23-14-9-7-13(8-10-14)21-16(22)11-15(17(18,19)20)12-5-3-2-4-6-12/h2-11H,1H3,(H,21,22)/b15-11-. The summed E-state index contributed by atoms with van der Waals surface area (Å²) in [5, 5.41) is 2.39. The molecule has 6 heteroatoms. The van der Waals surface area contributed by atoms with Crippen LogP contribution in [0.5, 0.6) is 5.75 Å². The topological polar surface area (TPSA) is 38.3 Å². The van der Waals surface area contributed by atoms with E-state index in [9.17, 15) is 18.0 Å². The summed E-state index contributed by atoms with van der Waals surface area (Å²) in [6.45, 7) is 0. The second-order valence-electron chi connectivity index (χ2n) is 4.64. The van der Waals surface area contributed by atoms with Crippen LogP contribution in [0.15, 0.2) is 60.7 Å². The lowest BCUT2D eigenvalue weighted by atomic mass is 10.1. The van der Waals surface area contributed by atoms with Gasteiger partial charge in [0.15, 0.2) is 0 Å². The quantitative estimate of drug-likeness (QED) is 0.854. The highest BCUT2D eigenvalue weighted by Crippen LogP contribution is 2.33. The zero-order chi connectivity index (χ0) is 16.9. The fourth-order valence-electron chi connectivity index (χ4n) is 1.93. The number of amides is 1. The Hall–Kier alpha value is -2.76. The monoisotopic (exact) mass is 321 g/mol. The predicted octanol–water partition coefficient (Wildman–Crippen LogP) is 4.28. The number of halogens is 3. The van der Waals surface area contributed by atoms with Crippen molar-refractivity contribution < 1.29 is 22.7 Å². The Morgan fingerprint density at radius 3 is 2.17 bits per heavy atom. The van der Waals surface area contributed by atoms with Crippen molar-refractivity contribution >= 4 is 17.2 Å². The van der Waals surface area contributed by atoms with Crippen LogP contribution in [0.25, 0.3) is 5.57 Å². The summed E-state index contributed by atoms with van der Waals surface area (Å²) >= 11 is 0. The van der Waals surface area contributed by atoms with Gasteiger partial charge in [-0.3, -0.25) is 4.79 Å². The molecule has 2 aromatic carbocycles. The van der Waals surface area contributed by atoms with Crippen LogP contribution < -0.4 is 10.1 Å². The summed E-state index contributed by atoms with van der Waals surface area (Å²) in [4.78, 5) is 11.9. The van der Waals surface area contributed by atoms with E-state index in [-0.39, 0.29) is 5.56 Å². The number of ether oxygens (including phenoxy) is 1. The molecule has 0 aliphatic heterocycles. The van der Waals surface area contributed by atoms with Crippen LogP contribution in [0.3, 0.4) is 0 Å². The number of benzene rings is 2. The van der Waals surface area contributed by atoms with Gasteiger partial charge in [0.25, 0.3) is 0 Å². The molecule has 0 radical (unpaired) electrons. The van der Waals surface area contributed by atoms with E-state index in [1.165, 1.54) is 31.4 Å². The van der Waals surface area contributed by atoms with Gasteiger partial charge >= 0.3 is 6.18 Å². The minimum Gasteiger partial charge on any atom is -0.497 e. The van der Waals surface area contributed by atoms with Crippen molar-refractivity contribution in [1.82, 2.24) is 0 Å². The van der Waals surface area contributed by atoms with Crippen LogP contribution in [0, 0.1) is 0 Å². The molecular weight excluding hydrogens is 307 g/mol. The van der Waals surface area contributed by atoms with E-state index in [2.05, 4.69) is 5.32 Å². The SMILES string of the molecule is COc1ccc(NC(=O)/C=C(/c2ccccc2)C(F)(F)F)cc1. The van der Waals surface area contributed by atoms with Gasteiger partial charge in [-0.2, -0.15) is 13.2 Å². The van der Waals surface area contributed by atoms with Crippen LogP contribution in [-0.4, -0.2) is 19.2 Å². The Morgan fingerprint density at radius 1 is 1.04 bits per heavy atom. The number of rotatable bonds is 4. The summed E-state index contributed by atoms with van der Waals surface area (Å²) < 4.78 is 44.4. The van der Waals surface area contributed by atoms with E-state index in [1.54, 1.807) is 30.3 Å². The summed E-state index contributed by atoms with van der Waals surface area (Å²) in [5.41, 5.74) is -0.685. The average Bonchev–Trinajstić information content (AvgIpc) is 2.53. The molecule has 0 atom stereocenters. The van der Waals surface area contributed by atoms with Gasteiger partial charge in [0, 0.05) is 11.8 Å². The van der Waals surface area contributed by atoms with Gasteiger partial charge in [-0.25, -0.2) is 0 Å². The number of allylic oxidation sites excluding steroid dienone is 1. The number of nitrogens with one attached hydrogen (secondary N) is 1. The van der Waals surface area contributed by atoms with E-state index in [4.69, 9.17) is 4.74 Å². The highest BCUT2D eigenvalue weighted by molar-refractivity contribution is 6.04. The third-order valence-corrected chi connectivity index (χ3v) is 3.02. The van der Waals surface area contributed by atoms with E-state index in [0.717, 1.165) is 0 Å². The molecule has 0 unspecified atom stereocenters. The highest BCUT2D eigenvalue weighted by atomic mass is 19.4. The predicted molar refractivity (Wildman–Crippen MR) is 82.1 cm³/mol. The first-order valence-electron chi connectivity index (χ1n) is 6.69. The lowest BCUT2D eigenvalue weighted by molar-refractivity contribution is -0.112. The molecule has 3 nitrogen and oxygen atoms in total. The summed E-state index contributed by atoms with van der Waals surface area (Å²) in [7, 11) is 1.49. The molecule has 0 fully saturated rings. The Bertz CT molecular complexity index is 692. The molecule has 0 saturated heterocycles. The first-order chi connectivity index (χ1) is 10.9. The molecule has 0 spiro atoms. The van der Waals surface area contributed by atoms with Crippen molar-refractivity contribution in [2.75, 3.05) is 12.4 Å². The van der Waals surface area contributed by atoms with Gasteiger partial charge < -0.3 is 10.1 Å². The fourth-order valence-corrected chi connectivity index (χ4v) is 1.93. The number of anilines is 1. The molecule has 2 aromatic rings. The van der Waals surface area contributed by atoms with E-state index < -0.39 is 17.7 Å². The maximum Gasteiger partial charge on any atom is 0.417 e. The van der Waals surface area contributed by atoms with Crippen LogP contribution in [0.2, 0.25) is 0 Å². The molecule has 0 heterocycles. The minimum atomic E-state index is -4.63. The van der Waals surface area contributed by atoms with Gasteiger partial charge in [0.05, 0.1) is 12.7 Å². The fraction of sp³-hybridized carbons (Fsp3) is 0.118. The molecule has 2 rings (SSSR count). The number of hydrogen-bond donors (Lipinski definition) is 1. The number of methoxy groups -OCH3 is 1. The average molecular weight is 321 g/mol. The Balaban J connectivity index is 2.23. The first kappa shape index (κ1) is 16.6. The Labute approximate surface area is 131 Å². The second-order valence-corrected chi connectivity index (χ2v) is 4.64. The molecule has 1 N–H and O–H groups in total. The third-order valence-electron chi connectivity index (χ3n) is 3.02. The van der Waals surface area contributed by atoms with Crippen molar-refractivity contribution in [3.63, 3.8) is 0 Å². The smallest absolute Gasteiger partial charge is 0.417 e. The number of alkyl halides is 3. The largest absolute Gasteiger partial charge is 0.497 e. The van der Waals surface area contributed by atoms with Crippen molar-refractivity contribution in [2.24, 2.45) is 0 Å². The molecule has 23 heavy (non-hydrogen) atoms. The zero-order valence-corrected chi connectivity index (χ0v) is 12.2. The normalized spacial score (nSPS) is 11.9. The lowest BCUT2D eigenvalue weighted by Gasteiger charge is -2.12. The van der Waals surface area contributed by atoms with Gasteiger partial charge in [-0.1, -0.05) is 30.3 Å². The molecule has 0 bridgehead atoms. The van der Waals surface area contributed by atoms with Crippen LogP contribution in [0.4, 0.5) is 18.9 Å². The van der Waals surface area contributed by atoms with Gasteiger partial charge in [-0.05, 0) is 29.8 Å². The summed E-state index contributed by atoms with van der Waals surface area (Å²) in [6.07, 6.45) is -4.07. The molecule has 1 amide bonds. The first-order valence-corrected chi connectivity index (χ1v) is 6.69. The Kier molecular flexibility index (Phi) is 5.05. The molecule has 0 saturated carbocycles. The summed E-state index contributed by atoms with van der Waals surface area (Å²) in [5.74, 6) is -0.273. The van der Waals surface area contributed by atoms with Crippen molar-refractivity contribution in [3.8, 4) is 5.75 Å². The van der Waals surface area contributed by atoms with Crippen LogP contribution >= 0.6 is 0 Å². The maximum absolute atomic E-state index is 13.1. The maximum atomic E-state index is 13.1. The van der Waals surface area contributed by atoms with Gasteiger partial charge in [-0.15, -0.1) is 0 Å². The zero-order valence-electron chi connectivity index (χ0n) is 12.2. The lowest BCUT2D eigenvalue weighted by Crippen LogP contribution is -2.16. The highest BCUT2D eigenvalue weighted by Gasteiger charge is 2.35. The molecule has 0 aliphatic carbocycles. The molecule has 0 aliphatic rings. The van der Waals surface area contributed by atoms with Gasteiger partial charge in [0.1, 0.15) is 5.75 Å². The summed E-state index contributed by atoms with van der Waals surface area (Å²) in [6, 6.07) is 13.5. The van der Waals surface area contributed by atoms with Crippen LogP contribution in [-0.2, 0) is 4.79 Å². The van der Waals surface area contributed by atoms with Crippen LogP contribution in [0.1, 0.15) is 5.56 Å². The van der Waals surface area contributed by atoms with Gasteiger partial charge in [0.2, 0.25) is 5.91 Å². The second kappa shape index (κ2) is 7.00. The molecular formula is C17H14F3NO2. The Morgan fingerprint density at radius 2 is 1.65 bits per heavy atom. The van der Waals surface area contributed by atoms with Crippen molar-refractivity contribution in [1.29, 1.82) is 0 Å². The number of hydrogen-bond acceptors (Lipinski definition) is 2. The van der Waals surface area contributed by atoms with E-state index in [1.807, 2.05) is 0 Å². The van der Waals surface area contributed by atoms with Crippen molar-refractivity contribution in [3.05, 3.63) is 66.2 Å². The third kappa shape index (κ3) is 4.60. The van der Waals surface area contributed by atoms with E-state index >= 15 is 0 Å². The molecule has 120 valence electrons. The number of carbonyl (C=O) groups is 1. The number of carbonyl (C=O) groups excluding carboxylic acids is 1. The van der Waals surface area contributed by atoms with Crippen molar-refractivity contribution in [2.45, 2.75) is 6.18 Å². The molecule has 0 aromatic heterocycles.